The number of hydrogen-bond acceptors (Lipinski definition) is 3. The second kappa shape index (κ2) is 5.98. The molecule has 0 aromatic heterocycles. The average Bonchev–Trinajstić information content (AvgIpc) is 2.29. The Hall–Kier alpha value is -1.68. The minimum atomic E-state index is -4.96. The van der Waals surface area contributed by atoms with Gasteiger partial charge in [0.15, 0.2) is 0 Å². The van der Waals surface area contributed by atoms with Crippen LogP contribution < -0.4 is 0 Å². The summed E-state index contributed by atoms with van der Waals surface area (Å²) in [5.74, 6) is -3.03. The van der Waals surface area contributed by atoms with Crippen molar-refractivity contribution in [1.82, 2.24) is 4.31 Å². The molecule has 118 valence electrons. The van der Waals surface area contributed by atoms with Gasteiger partial charge in [-0.05, 0) is 24.6 Å². The number of halogens is 4. The van der Waals surface area contributed by atoms with Gasteiger partial charge in [0.1, 0.15) is 23.8 Å². The highest BCUT2D eigenvalue weighted by molar-refractivity contribution is 7.89. The molecule has 0 aliphatic heterocycles. The quantitative estimate of drug-likeness (QED) is 0.836. The lowest BCUT2D eigenvalue weighted by Gasteiger charge is -2.22. The highest BCUT2D eigenvalue weighted by Crippen LogP contribution is 2.24. The van der Waals surface area contributed by atoms with E-state index in [1.54, 1.807) is 0 Å². The number of rotatable bonds is 5. The van der Waals surface area contributed by atoms with Crippen LogP contribution >= 0.6 is 0 Å². The molecular weight excluding hydrogens is 318 g/mol. The van der Waals surface area contributed by atoms with Gasteiger partial charge >= 0.3 is 12.1 Å². The molecule has 0 aliphatic carbocycles. The number of nitrogens with zero attached hydrogens (tertiary/aromatic N) is 1. The van der Waals surface area contributed by atoms with Crippen molar-refractivity contribution >= 4 is 16.0 Å². The zero-order valence-electron chi connectivity index (χ0n) is 10.7. The van der Waals surface area contributed by atoms with Crippen molar-refractivity contribution in [3.8, 4) is 0 Å². The molecule has 0 aliphatic rings. The van der Waals surface area contributed by atoms with Crippen LogP contribution in [0.5, 0.6) is 0 Å². The van der Waals surface area contributed by atoms with Crippen LogP contribution in [0, 0.1) is 12.7 Å². The maximum Gasteiger partial charge on any atom is 0.402 e. The van der Waals surface area contributed by atoms with Crippen molar-refractivity contribution < 1.29 is 35.9 Å². The van der Waals surface area contributed by atoms with E-state index in [1.807, 2.05) is 0 Å². The number of sulfonamides is 1. The largest absolute Gasteiger partial charge is 0.480 e. The summed E-state index contributed by atoms with van der Waals surface area (Å²) in [6, 6.07) is 2.87. The van der Waals surface area contributed by atoms with Crippen LogP contribution in [0.25, 0.3) is 0 Å². The predicted octanol–water partition coefficient (Wildman–Crippen LogP) is 1.77. The molecule has 0 amide bonds. The summed E-state index contributed by atoms with van der Waals surface area (Å²) in [5, 5.41) is 8.55. The molecule has 21 heavy (non-hydrogen) atoms. The zero-order valence-corrected chi connectivity index (χ0v) is 11.5. The molecule has 0 spiro atoms. The molecule has 1 N–H and O–H groups in total. The van der Waals surface area contributed by atoms with E-state index in [1.165, 1.54) is 13.0 Å². The van der Waals surface area contributed by atoms with Gasteiger partial charge in [0, 0.05) is 0 Å². The first-order valence-corrected chi connectivity index (χ1v) is 6.92. The maximum absolute atomic E-state index is 13.6. The molecule has 0 unspecified atom stereocenters. The number of alkyl halides is 3. The van der Waals surface area contributed by atoms with E-state index >= 15 is 0 Å². The van der Waals surface area contributed by atoms with E-state index in [4.69, 9.17) is 5.11 Å². The van der Waals surface area contributed by atoms with Gasteiger partial charge in [0.25, 0.3) is 0 Å². The fourth-order valence-electron chi connectivity index (χ4n) is 1.52. The molecule has 0 atom stereocenters. The number of benzene rings is 1. The minimum Gasteiger partial charge on any atom is -0.480 e. The van der Waals surface area contributed by atoms with Crippen LogP contribution in [0.1, 0.15) is 5.56 Å². The SMILES string of the molecule is Cc1ccc(F)c(S(=O)(=O)N(CC(=O)O)CC(F)(F)F)c1. The molecule has 0 fully saturated rings. The van der Waals surface area contributed by atoms with E-state index in [2.05, 4.69) is 0 Å². The van der Waals surface area contributed by atoms with Crippen LogP contribution in [0.4, 0.5) is 17.6 Å². The summed E-state index contributed by atoms with van der Waals surface area (Å²) in [6.07, 6.45) is -4.96. The van der Waals surface area contributed by atoms with Gasteiger partial charge in [0.05, 0.1) is 0 Å². The third kappa shape index (κ3) is 4.67. The summed E-state index contributed by atoms with van der Waals surface area (Å²) >= 11 is 0. The Labute approximate surface area is 117 Å². The van der Waals surface area contributed by atoms with Crippen LogP contribution in [0.15, 0.2) is 23.1 Å². The molecule has 1 aromatic rings. The first-order chi connectivity index (χ1) is 9.43. The van der Waals surface area contributed by atoms with Crippen molar-refractivity contribution in [3.63, 3.8) is 0 Å². The van der Waals surface area contributed by atoms with E-state index < -0.39 is 46.0 Å². The molecule has 0 heterocycles. The van der Waals surface area contributed by atoms with Crippen LogP contribution in [0.2, 0.25) is 0 Å². The average molecular weight is 329 g/mol. The summed E-state index contributed by atoms with van der Waals surface area (Å²) in [4.78, 5) is 9.57. The monoisotopic (exact) mass is 329 g/mol. The van der Waals surface area contributed by atoms with E-state index in [0.29, 0.717) is 5.56 Å². The third-order valence-electron chi connectivity index (χ3n) is 2.37. The standard InChI is InChI=1S/C11H11F4NO4S/c1-7-2-3-8(12)9(4-7)21(19,20)16(5-10(17)18)6-11(13,14)15/h2-4H,5-6H2,1H3,(H,17,18). The molecule has 10 heteroatoms. The number of hydrogen-bond donors (Lipinski definition) is 1. The lowest BCUT2D eigenvalue weighted by Crippen LogP contribution is -2.42. The Bertz CT molecular complexity index is 642. The fourth-order valence-corrected chi connectivity index (χ4v) is 3.05. The van der Waals surface area contributed by atoms with Crippen molar-refractivity contribution in [2.75, 3.05) is 13.1 Å². The number of aryl methyl sites for hydroxylation is 1. The number of aliphatic carboxylic acids is 1. The van der Waals surface area contributed by atoms with Crippen LogP contribution in [-0.2, 0) is 14.8 Å². The van der Waals surface area contributed by atoms with Gasteiger partial charge in [-0.3, -0.25) is 4.79 Å². The Morgan fingerprint density at radius 3 is 2.38 bits per heavy atom. The van der Waals surface area contributed by atoms with Gasteiger partial charge < -0.3 is 5.11 Å². The molecular formula is C11H11F4NO4S. The van der Waals surface area contributed by atoms with E-state index in [0.717, 1.165) is 12.1 Å². The number of carboxylic acid groups (broad SMARTS) is 1. The molecule has 5 nitrogen and oxygen atoms in total. The normalized spacial score (nSPS) is 12.7. The minimum absolute atomic E-state index is 0.303. The molecule has 1 rings (SSSR count). The first kappa shape index (κ1) is 17.4. The lowest BCUT2D eigenvalue weighted by atomic mass is 10.2. The van der Waals surface area contributed by atoms with Crippen LogP contribution in [0.3, 0.4) is 0 Å². The fraction of sp³-hybridized carbons (Fsp3) is 0.364. The van der Waals surface area contributed by atoms with Crippen molar-refractivity contribution in [2.24, 2.45) is 0 Å². The highest BCUT2D eigenvalue weighted by atomic mass is 32.2. The lowest BCUT2D eigenvalue weighted by molar-refractivity contribution is -0.146. The van der Waals surface area contributed by atoms with Crippen molar-refractivity contribution in [2.45, 2.75) is 18.0 Å². The second-order valence-corrected chi connectivity index (χ2v) is 6.12. The molecule has 0 saturated heterocycles. The smallest absolute Gasteiger partial charge is 0.402 e. The Balaban J connectivity index is 3.32. The summed E-state index contributed by atoms with van der Waals surface area (Å²) in [6.45, 7) is -2.02. The van der Waals surface area contributed by atoms with Gasteiger partial charge in [-0.25, -0.2) is 12.8 Å². The molecule has 1 aromatic carbocycles. The van der Waals surface area contributed by atoms with Crippen molar-refractivity contribution in [3.05, 3.63) is 29.6 Å². The first-order valence-electron chi connectivity index (χ1n) is 5.48. The Morgan fingerprint density at radius 1 is 1.33 bits per heavy atom. The Morgan fingerprint density at radius 2 is 1.90 bits per heavy atom. The third-order valence-corrected chi connectivity index (χ3v) is 4.18. The van der Waals surface area contributed by atoms with Gasteiger partial charge in [0.2, 0.25) is 10.0 Å². The van der Waals surface area contributed by atoms with Gasteiger partial charge in [-0.15, -0.1) is 0 Å². The Kier molecular flexibility index (Phi) is 4.95. The summed E-state index contributed by atoms with van der Waals surface area (Å²) < 4.78 is 74.5. The topological polar surface area (TPSA) is 74.7 Å². The second-order valence-electron chi connectivity index (χ2n) is 4.22. The maximum atomic E-state index is 13.6. The van der Waals surface area contributed by atoms with Gasteiger partial charge in [-0.2, -0.15) is 17.5 Å². The number of carbonyl (C=O) groups is 1. The van der Waals surface area contributed by atoms with Gasteiger partial charge in [-0.1, -0.05) is 6.07 Å². The van der Waals surface area contributed by atoms with Crippen molar-refractivity contribution in [1.29, 1.82) is 0 Å². The predicted molar refractivity (Wildman–Crippen MR) is 63.6 cm³/mol. The summed E-state index contributed by atoms with van der Waals surface area (Å²) in [7, 11) is -4.92. The number of carboxylic acids is 1. The zero-order chi connectivity index (χ0) is 16.4. The molecule has 0 bridgehead atoms. The van der Waals surface area contributed by atoms with E-state index in [9.17, 15) is 30.8 Å². The van der Waals surface area contributed by atoms with Crippen LogP contribution in [-0.4, -0.2) is 43.1 Å². The molecule has 0 saturated carbocycles. The van der Waals surface area contributed by atoms with E-state index in [-0.39, 0.29) is 4.31 Å². The molecule has 0 radical (unpaired) electrons. The highest BCUT2D eigenvalue weighted by Gasteiger charge is 2.39. The summed E-state index contributed by atoms with van der Waals surface area (Å²) in [5.41, 5.74) is 0.303.